The summed E-state index contributed by atoms with van der Waals surface area (Å²) in [5, 5.41) is 11.6. The average Bonchev–Trinajstić information content (AvgIpc) is 3.00. The van der Waals surface area contributed by atoms with Crippen molar-refractivity contribution in [3.63, 3.8) is 0 Å². The highest BCUT2D eigenvalue weighted by molar-refractivity contribution is 6.05. The van der Waals surface area contributed by atoms with Gasteiger partial charge in [-0.25, -0.2) is 0 Å². The Bertz CT molecular complexity index is 777. The maximum Gasteiger partial charge on any atom is 0.305 e. The lowest BCUT2D eigenvalue weighted by molar-refractivity contribution is -0.143. The van der Waals surface area contributed by atoms with Gasteiger partial charge in [0.15, 0.2) is 0 Å². The number of aliphatic imine (C=N–C) groups is 1. The van der Waals surface area contributed by atoms with E-state index in [-0.39, 0.29) is 17.9 Å². The lowest BCUT2D eigenvalue weighted by atomic mass is 9.71. The second kappa shape index (κ2) is 6.91. The number of fused-ring (bicyclic) bond motifs is 5. The predicted octanol–water partition coefficient (Wildman–Crippen LogP) is 2.65. The Morgan fingerprint density at radius 1 is 1.37 bits per heavy atom. The number of carbonyl (C=O) groups is 1. The summed E-state index contributed by atoms with van der Waals surface area (Å²) in [5.74, 6) is 1.25. The molecule has 27 heavy (non-hydrogen) atoms. The van der Waals surface area contributed by atoms with Gasteiger partial charge in [0.25, 0.3) is 0 Å². The van der Waals surface area contributed by atoms with Crippen LogP contribution in [0.25, 0.3) is 0 Å². The highest BCUT2D eigenvalue weighted by atomic mass is 16.5. The maximum atomic E-state index is 11.9. The molecule has 0 spiro atoms. The smallest absolute Gasteiger partial charge is 0.305 e. The molecular weight excluding hydrogens is 344 g/mol. The van der Waals surface area contributed by atoms with Crippen LogP contribution in [0, 0.1) is 11.8 Å². The van der Waals surface area contributed by atoms with Crippen molar-refractivity contribution in [2.75, 3.05) is 27.3 Å². The number of hydrogen-bond acceptors (Lipinski definition) is 6. The van der Waals surface area contributed by atoms with Crippen LogP contribution in [0.1, 0.15) is 38.2 Å². The normalized spacial score (nSPS) is 32.1. The van der Waals surface area contributed by atoms with Crippen LogP contribution in [0.4, 0.5) is 5.69 Å². The molecule has 0 unspecified atom stereocenters. The van der Waals surface area contributed by atoms with E-state index < -0.39 is 5.60 Å². The molecule has 3 aliphatic rings. The molecule has 1 aromatic rings. The number of nitrogens with zero attached hydrogens (tertiary/aromatic N) is 2. The van der Waals surface area contributed by atoms with E-state index >= 15 is 0 Å². The third-order valence-electron chi connectivity index (χ3n) is 6.66. The fourth-order valence-corrected chi connectivity index (χ4v) is 5.20. The van der Waals surface area contributed by atoms with Gasteiger partial charge in [-0.15, -0.1) is 0 Å². The first-order valence-corrected chi connectivity index (χ1v) is 9.81. The molecule has 2 fully saturated rings. The largest absolute Gasteiger partial charge is 0.496 e. The van der Waals surface area contributed by atoms with Crippen molar-refractivity contribution in [1.82, 2.24) is 4.90 Å². The van der Waals surface area contributed by atoms with Crippen LogP contribution in [0.15, 0.2) is 23.2 Å². The molecule has 6 heteroatoms. The molecule has 6 nitrogen and oxygen atoms in total. The van der Waals surface area contributed by atoms with Gasteiger partial charge in [-0.2, -0.15) is 0 Å². The van der Waals surface area contributed by atoms with Crippen LogP contribution >= 0.6 is 0 Å². The van der Waals surface area contributed by atoms with Crippen molar-refractivity contribution in [2.45, 2.75) is 44.2 Å². The first-order valence-electron chi connectivity index (χ1n) is 9.81. The van der Waals surface area contributed by atoms with Crippen molar-refractivity contribution in [3.8, 4) is 5.75 Å². The van der Waals surface area contributed by atoms with Crippen molar-refractivity contribution in [2.24, 2.45) is 16.8 Å². The molecule has 4 rings (SSSR count). The summed E-state index contributed by atoms with van der Waals surface area (Å²) in [6.45, 7) is 3.94. The van der Waals surface area contributed by atoms with Gasteiger partial charge in [0.2, 0.25) is 0 Å². The summed E-state index contributed by atoms with van der Waals surface area (Å²) in [5.41, 5.74) is 1.34. The lowest BCUT2D eigenvalue weighted by Crippen LogP contribution is -2.60. The molecule has 0 saturated carbocycles. The molecule has 4 atom stereocenters. The quantitative estimate of drug-likeness (QED) is 0.823. The molecule has 0 bridgehead atoms. The van der Waals surface area contributed by atoms with Crippen molar-refractivity contribution >= 4 is 17.4 Å². The van der Waals surface area contributed by atoms with E-state index in [0.717, 1.165) is 42.9 Å². The molecule has 3 heterocycles. The summed E-state index contributed by atoms with van der Waals surface area (Å²) >= 11 is 0. The molecule has 1 N–H and O–H groups in total. The summed E-state index contributed by atoms with van der Waals surface area (Å²) in [6, 6.07) is 5.79. The molecule has 3 aliphatic heterocycles. The Labute approximate surface area is 160 Å². The molecule has 0 aromatic heterocycles. The number of esters is 1. The second-order valence-electron chi connectivity index (χ2n) is 7.92. The van der Waals surface area contributed by atoms with Crippen molar-refractivity contribution in [1.29, 1.82) is 0 Å². The van der Waals surface area contributed by atoms with E-state index in [9.17, 15) is 9.90 Å². The minimum absolute atomic E-state index is 0.0540. The van der Waals surface area contributed by atoms with Gasteiger partial charge in [0, 0.05) is 19.5 Å². The molecule has 2 saturated heterocycles. The standard InChI is InChI=1S/C21H28N2O4/c1-4-13-12-23-9-8-21(25)19-15(6-5-7-17(19)26-2)22-20(21)16(23)10-14(13)11-18(24)27-3/h5-7,13-14,16,25H,4,8-12H2,1-3H3/t13-,14-,16+,21+/m1/s1. The van der Waals surface area contributed by atoms with Gasteiger partial charge >= 0.3 is 5.97 Å². The van der Waals surface area contributed by atoms with E-state index in [0.29, 0.717) is 24.5 Å². The SMILES string of the molecule is CC[C@@H]1CN2CC[C@@]3(O)C(=Nc4cccc(OC)c43)[C@@H]2C[C@@H]1CC(=O)OC. The van der Waals surface area contributed by atoms with Crippen LogP contribution < -0.4 is 4.74 Å². The first-order chi connectivity index (χ1) is 13.0. The lowest BCUT2D eigenvalue weighted by Gasteiger charge is -2.50. The predicted molar refractivity (Wildman–Crippen MR) is 102 cm³/mol. The second-order valence-corrected chi connectivity index (χ2v) is 7.92. The van der Waals surface area contributed by atoms with Gasteiger partial charge in [-0.3, -0.25) is 14.7 Å². The Kier molecular flexibility index (Phi) is 4.72. The molecule has 1 aromatic carbocycles. The minimum Gasteiger partial charge on any atom is -0.496 e. The van der Waals surface area contributed by atoms with Gasteiger partial charge in [-0.05, 0) is 36.8 Å². The highest BCUT2D eigenvalue weighted by Gasteiger charge is 2.53. The van der Waals surface area contributed by atoms with Gasteiger partial charge in [0.1, 0.15) is 11.4 Å². The van der Waals surface area contributed by atoms with E-state index in [1.165, 1.54) is 7.11 Å². The number of aliphatic hydroxyl groups is 1. The number of ether oxygens (including phenoxy) is 2. The van der Waals surface area contributed by atoms with Gasteiger partial charge < -0.3 is 14.6 Å². The molecule has 0 radical (unpaired) electrons. The third kappa shape index (κ3) is 2.86. The van der Waals surface area contributed by atoms with Crippen LogP contribution in [0.2, 0.25) is 0 Å². The minimum atomic E-state index is -1.07. The fourth-order valence-electron chi connectivity index (χ4n) is 5.20. The van der Waals surface area contributed by atoms with E-state index in [1.54, 1.807) is 7.11 Å². The van der Waals surface area contributed by atoms with Crippen molar-refractivity contribution in [3.05, 3.63) is 23.8 Å². The Balaban J connectivity index is 1.67. The maximum absolute atomic E-state index is 11.9. The van der Waals surface area contributed by atoms with E-state index in [1.807, 2.05) is 18.2 Å². The van der Waals surface area contributed by atoms with Crippen molar-refractivity contribution < 1.29 is 19.4 Å². The number of benzene rings is 1. The van der Waals surface area contributed by atoms with Crippen LogP contribution in [-0.2, 0) is 15.1 Å². The zero-order valence-corrected chi connectivity index (χ0v) is 16.3. The summed E-state index contributed by atoms with van der Waals surface area (Å²) < 4.78 is 10.4. The number of methoxy groups -OCH3 is 2. The molecule has 0 amide bonds. The molecule has 0 aliphatic carbocycles. The third-order valence-corrected chi connectivity index (χ3v) is 6.66. The summed E-state index contributed by atoms with van der Waals surface area (Å²) in [7, 11) is 3.08. The number of hydrogen-bond donors (Lipinski definition) is 1. The van der Waals surface area contributed by atoms with Crippen LogP contribution in [0.3, 0.4) is 0 Å². The highest BCUT2D eigenvalue weighted by Crippen LogP contribution is 2.51. The molecule has 146 valence electrons. The van der Waals surface area contributed by atoms with E-state index in [4.69, 9.17) is 14.5 Å². The Hall–Kier alpha value is -1.92. The molecular formula is C21H28N2O4. The zero-order valence-electron chi connectivity index (χ0n) is 16.3. The monoisotopic (exact) mass is 372 g/mol. The van der Waals surface area contributed by atoms with Crippen LogP contribution in [-0.4, -0.2) is 55.0 Å². The number of carbonyl (C=O) groups excluding carboxylic acids is 1. The number of piperidine rings is 2. The average molecular weight is 372 g/mol. The number of rotatable bonds is 4. The fraction of sp³-hybridized carbons (Fsp3) is 0.619. The summed E-state index contributed by atoms with van der Waals surface area (Å²) in [6.07, 6.45) is 2.91. The Morgan fingerprint density at radius 2 is 2.19 bits per heavy atom. The van der Waals surface area contributed by atoms with Gasteiger partial charge in [0.05, 0.1) is 37.2 Å². The van der Waals surface area contributed by atoms with Crippen LogP contribution in [0.5, 0.6) is 5.75 Å². The zero-order chi connectivity index (χ0) is 19.2. The van der Waals surface area contributed by atoms with Gasteiger partial charge in [-0.1, -0.05) is 19.4 Å². The summed E-state index contributed by atoms with van der Waals surface area (Å²) in [4.78, 5) is 19.2. The topological polar surface area (TPSA) is 71.4 Å². The Morgan fingerprint density at radius 3 is 2.89 bits per heavy atom. The van der Waals surface area contributed by atoms with E-state index in [2.05, 4.69) is 11.8 Å². The first kappa shape index (κ1) is 18.4.